The van der Waals surface area contributed by atoms with Crippen molar-refractivity contribution in [2.24, 2.45) is 0 Å². The van der Waals surface area contributed by atoms with Crippen LogP contribution in [-0.2, 0) is 5.41 Å². The minimum atomic E-state index is -0.0925. The van der Waals surface area contributed by atoms with Crippen molar-refractivity contribution in [3.63, 3.8) is 0 Å². The van der Waals surface area contributed by atoms with Gasteiger partial charge in [-0.3, -0.25) is 0 Å². The molecule has 0 aliphatic heterocycles. The second-order valence-corrected chi connectivity index (χ2v) is 12.6. The molecule has 45 heavy (non-hydrogen) atoms. The average molecular weight is 578 g/mol. The molecule has 0 saturated carbocycles. The highest BCUT2D eigenvalue weighted by molar-refractivity contribution is 6.19. The van der Waals surface area contributed by atoms with Gasteiger partial charge in [0.05, 0.1) is 0 Å². The number of hydrogen-bond acceptors (Lipinski definition) is 2. The highest BCUT2D eigenvalue weighted by atomic mass is 16.3. The van der Waals surface area contributed by atoms with Gasteiger partial charge in [-0.2, -0.15) is 0 Å². The van der Waals surface area contributed by atoms with Gasteiger partial charge in [-0.15, -0.1) is 0 Å². The highest BCUT2D eigenvalue weighted by Gasteiger charge is 2.35. The van der Waals surface area contributed by atoms with E-state index in [1.54, 1.807) is 0 Å². The van der Waals surface area contributed by atoms with E-state index >= 15 is 0 Å². The van der Waals surface area contributed by atoms with Crippen molar-refractivity contribution in [3.8, 4) is 22.3 Å². The number of furan rings is 1. The van der Waals surface area contributed by atoms with E-state index < -0.39 is 0 Å². The molecule has 0 spiro atoms. The summed E-state index contributed by atoms with van der Waals surface area (Å²) >= 11 is 0. The van der Waals surface area contributed by atoms with Crippen LogP contribution in [0.5, 0.6) is 0 Å². The average Bonchev–Trinajstić information content (AvgIpc) is 3.58. The van der Waals surface area contributed by atoms with Crippen LogP contribution >= 0.6 is 0 Å². The van der Waals surface area contributed by atoms with Crippen LogP contribution in [0.15, 0.2) is 156 Å². The van der Waals surface area contributed by atoms with Crippen molar-refractivity contribution in [2.45, 2.75) is 19.3 Å². The smallest absolute Gasteiger partial charge is 0.136 e. The van der Waals surface area contributed by atoms with Gasteiger partial charge in [0.1, 0.15) is 11.2 Å². The van der Waals surface area contributed by atoms with Crippen LogP contribution in [0, 0.1) is 0 Å². The molecule has 9 rings (SSSR count). The van der Waals surface area contributed by atoms with Gasteiger partial charge < -0.3 is 9.32 Å². The van der Waals surface area contributed by atoms with Crippen molar-refractivity contribution < 1.29 is 4.42 Å². The van der Waals surface area contributed by atoms with Crippen LogP contribution in [0.4, 0.5) is 17.1 Å². The summed E-state index contributed by atoms with van der Waals surface area (Å²) in [5.41, 5.74) is 12.9. The zero-order chi connectivity index (χ0) is 30.1. The van der Waals surface area contributed by atoms with Crippen molar-refractivity contribution in [3.05, 3.63) is 163 Å². The molecule has 8 aromatic rings. The summed E-state index contributed by atoms with van der Waals surface area (Å²) in [6.45, 7) is 4.69. The van der Waals surface area contributed by atoms with Crippen LogP contribution in [0.2, 0.25) is 0 Å². The summed E-state index contributed by atoms with van der Waals surface area (Å²) < 4.78 is 6.29. The first-order chi connectivity index (χ1) is 22.1. The Morgan fingerprint density at radius 2 is 1.16 bits per heavy atom. The molecule has 0 amide bonds. The second kappa shape index (κ2) is 9.70. The fourth-order valence-electron chi connectivity index (χ4n) is 7.40. The molecule has 0 bridgehead atoms. The Morgan fingerprint density at radius 1 is 0.467 bits per heavy atom. The Balaban J connectivity index is 1.29. The summed E-state index contributed by atoms with van der Waals surface area (Å²) in [5.74, 6) is 0. The third kappa shape index (κ3) is 3.96. The maximum absolute atomic E-state index is 6.29. The molecule has 2 nitrogen and oxygen atoms in total. The maximum atomic E-state index is 6.29. The number of rotatable bonds is 4. The van der Waals surface area contributed by atoms with Gasteiger partial charge >= 0.3 is 0 Å². The van der Waals surface area contributed by atoms with Gasteiger partial charge in [0.25, 0.3) is 0 Å². The molecular formula is C43H31NO. The molecule has 0 atom stereocenters. The predicted octanol–water partition coefficient (Wildman–Crippen LogP) is 12.2. The second-order valence-electron chi connectivity index (χ2n) is 12.6. The molecule has 7 aromatic carbocycles. The quantitative estimate of drug-likeness (QED) is 0.207. The molecule has 214 valence electrons. The van der Waals surface area contributed by atoms with E-state index in [9.17, 15) is 0 Å². The summed E-state index contributed by atoms with van der Waals surface area (Å²) in [6, 6.07) is 54.8. The van der Waals surface area contributed by atoms with Crippen molar-refractivity contribution in [2.75, 3.05) is 4.90 Å². The van der Waals surface area contributed by atoms with Crippen LogP contribution in [0.25, 0.3) is 55.0 Å². The fourth-order valence-corrected chi connectivity index (χ4v) is 7.40. The summed E-state index contributed by atoms with van der Waals surface area (Å²) in [7, 11) is 0. The molecule has 1 heterocycles. The van der Waals surface area contributed by atoms with Crippen LogP contribution < -0.4 is 4.90 Å². The monoisotopic (exact) mass is 577 g/mol. The lowest BCUT2D eigenvalue weighted by atomic mass is 9.82. The SMILES string of the molecule is CC1(C)c2ccccc2-c2ccc(N(c3cccc(-c4ccccc4)c3)c3ccc4ccc5oc6ccccc6c5c4c3)cc21. The number of fused-ring (bicyclic) bond motifs is 8. The number of hydrogen-bond donors (Lipinski definition) is 0. The van der Waals surface area contributed by atoms with E-state index in [4.69, 9.17) is 4.42 Å². The largest absolute Gasteiger partial charge is 0.456 e. The van der Waals surface area contributed by atoms with Crippen LogP contribution in [0.3, 0.4) is 0 Å². The number of para-hydroxylation sites is 1. The Kier molecular flexibility index (Phi) is 5.58. The summed E-state index contributed by atoms with van der Waals surface area (Å²) in [4.78, 5) is 2.41. The Bertz CT molecular complexity index is 2410. The van der Waals surface area contributed by atoms with E-state index in [0.29, 0.717) is 0 Å². The summed E-state index contributed by atoms with van der Waals surface area (Å²) in [5, 5.41) is 4.69. The topological polar surface area (TPSA) is 16.4 Å². The Morgan fingerprint density at radius 3 is 2.07 bits per heavy atom. The number of anilines is 3. The molecular weight excluding hydrogens is 546 g/mol. The molecule has 1 aromatic heterocycles. The van der Waals surface area contributed by atoms with E-state index in [0.717, 1.165) is 39.0 Å². The first kappa shape index (κ1) is 25.9. The van der Waals surface area contributed by atoms with Gasteiger partial charge in [-0.25, -0.2) is 0 Å². The zero-order valence-electron chi connectivity index (χ0n) is 25.3. The van der Waals surface area contributed by atoms with Gasteiger partial charge in [-0.1, -0.05) is 117 Å². The molecule has 0 saturated heterocycles. The third-order valence-corrected chi connectivity index (χ3v) is 9.64. The standard InChI is InChI=1S/C43H31NO/c1-43(2)38-17-8-6-15-34(38)35-23-22-33(27-39(35)43)44(31-14-10-13-30(25-31)28-11-4-3-5-12-28)32-21-19-29-20-24-41-42(37(29)26-32)36-16-7-9-18-40(36)45-41/h3-27H,1-2H3. The molecule has 0 N–H and O–H groups in total. The molecule has 1 aliphatic rings. The maximum Gasteiger partial charge on any atom is 0.136 e. The highest BCUT2D eigenvalue weighted by Crippen LogP contribution is 2.51. The number of benzene rings is 7. The first-order valence-electron chi connectivity index (χ1n) is 15.6. The minimum absolute atomic E-state index is 0.0925. The van der Waals surface area contributed by atoms with E-state index in [-0.39, 0.29) is 5.41 Å². The molecule has 0 radical (unpaired) electrons. The normalized spacial score (nSPS) is 13.3. The van der Waals surface area contributed by atoms with E-state index in [1.165, 1.54) is 44.2 Å². The molecule has 0 fully saturated rings. The van der Waals surface area contributed by atoms with Gasteiger partial charge in [0.15, 0.2) is 0 Å². The lowest BCUT2D eigenvalue weighted by Gasteiger charge is -2.28. The van der Waals surface area contributed by atoms with Gasteiger partial charge in [0.2, 0.25) is 0 Å². The first-order valence-corrected chi connectivity index (χ1v) is 15.6. The van der Waals surface area contributed by atoms with Crippen LogP contribution in [-0.4, -0.2) is 0 Å². The van der Waals surface area contributed by atoms with Crippen molar-refractivity contribution in [1.82, 2.24) is 0 Å². The van der Waals surface area contributed by atoms with Crippen LogP contribution in [0.1, 0.15) is 25.0 Å². The van der Waals surface area contributed by atoms with Gasteiger partial charge in [-0.05, 0) is 92.7 Å². The lowest BCUT2D eigenvalue weighted by molar-refractivity contribution is 0.660. The van der Waals surface area contributed by atoms with Crippen molar-refractivity contribution in [1.29, 1.82) is 0 Å². The predicted molar refractivity (Wildman–Crippen MR) is 189 cm³/mol. The summed E-state index contributed by atoms with van der Waals surface area (Å²) in [6.07, 6.45) is 0. The van der Waals surface area contributed by atoms with E-state index in [2.05, 4.69) is 164 Å². The minimum Gasteiger partial charge on any atom is -0.456 e. The lowest BCUT2D eigenvalue weighted by Crippen LogP contribution is -2.16. The van der Waals surface area contributed by atoms with E-state index in [1.807, 2.05) is 6.07 Å². The Labute approximate surface area is 262 Å². The molecule has 1 aliphatic carbocycles. The third-order valence-electron chi connectivity index (χ3n) is 9.64. The molecule has 0 unspecified atom stereocenters. The Hall–Kier alpha value is -5.60. The fraction of sp³-hybridized carbons (Fsp3) is 0.0698. The number of nitrogens with zero attached hydrogens (tertiary/aromatic N) is 1. The molecule has 2 heteroatoms. The van der Waals surface area contributed by atoms with Gasteiger partial charge in [0, 0.05) is 33.2 Å². The zero-order valence-corrected chi connectivity index (χ0v) is 25.3. The van der Waals surface area contributed by atoms with Crippen molar-refractivity contribution >= 4 is 49.8 Å².